The van der Waals surface area contributed by atoms with E-state index < -0.39 is 5.82 Å². The molecule has 0 bridgehead atoms. The molecule has 1 heterocycles. The third-order valence-corrected chi connectivity index (χ3v) is 2.89. The van der Waals surface area contributed by atoms with Gasteiger partial charge in [0.25, 0.3) is 0 Å². The van der Waals surface area contributed by atoms with Crippen molar-refractivity contribution in [3.63, 3.8) is 0 Å². The van der Waals surface area contributed by atoms with Crippen molar-refractivity contribution < 1.29 is 4.39 Å². The Bertz CT molecular complexity index is 723. The van der Waals surface area contributed by atoms with Crippen molar-refractivity contribution in [2.75, 3.05) is 5.73 Å². The summed E-state index contributed by atoms with van der Waals surface area (Å²) in [5.74, 6) is -0.414. The van der Waals surface area contributed by atoms with Gasteiger partial charge < -0.3 is 5.73 Å². The molecule has 0 radical (unpaired) electrons. The van der Waals surface area contributed by atoms with Crippen LogP contribution in [0.2, 0.25) is 0 Å². The summed E-state index contributed by atoms with van der Waals surface area (Å²) in [6, 6.07) is 16.4. The minimum absolute atomic E-state index is 0.152. The number of nitrogens with zero attached hydrogens (tertiary/aromatic N) is 1. The molecule has 3 heteroatoms. The second-order valence-electron chi connectivity index (χ2n) is 4.13. The van der Waals surface area contributed by atoms with Crippen molar-refractivity contribution in [3.8, 4) is 11.3 Å². The van der Waals surface area contributed by atoms with Gasteiger partial charge in [-0.15, -0.1) is 0 Å². The van der Waals surface area contributed by atoms with Crippen LogP contribution in [0.5, 0.6) is 0 Å². The van der Waals surface area contributed by atoms with Crippen molar-refractivity contribution in [2.45, 2.75) is 0 Å². The Morgan fingerprint density at radius 2 is 1.78 bits per heavy atom. The van der Waals surface area contributed by atoms with Crippen molar-refractivity contribution in [1.29, 1.82) is 0 Å². The number of para-hydroxylation sites is 1. The zero-order valence-corrected chi connectivity index (χ0v) is 9.60. The lowest BCUT2D eigenvalue weighted by Gasteiger charge is -2.04. The maximum atomic E-state index is 13.4. The average Bonchev–Trinajstić information content (AvgIpc) is 2.41. The number of nitrogen functional groups attached to an aromatic ring is 1. The lowest BCUT2D eigenvalue weighted by atomic mass is 10.1. The molecule has 0 saturated heterocycles. The second-order valence-corrected chi connectivity index (χ2v) is 4.13. The third-order valence-electron chi connectivity index (χ3n) is 2.89. The average molecular weight is 238 g/mol. The number of anilines is 1. The molecule has 0 atom stereocenters. The monoisotopic (exact) mass is 238 g/mol. The molecule has 0 unspecified atom stereocenters. The molecule has 18 heavy (non-hydrogen) atoms. The Kier molecular flexibility index (Phi) is 2.45. The number of fused-ring (bicyclic) bond motifs is 1. The summed E-state index contributed by atoms with van der Waals surface area (Å²) in [5, 5.41) is 1.07. The molecule has 0 saturated carbocycles. The maximum Gasteiger partial charge on any atom is 0.146 e. The summed E-state index contributed by atoms with van der Waals surface area (Å²) in [6.45, 7) is 0. The van der Waals surface area contributed by atoms with E-state index in [0.717, 1.165) is 22.2 Å². The number of aromatic nitrogens is 1. The molecule has 88 valence electrons. The van der Waals surface area contributed by atoms with Gasteiger partial charge in [-0.3, -0.25) is 0 Å². The standard InChI is InChI=1S/C15H11FN2/c16-12-9-11(5-7-13(12)17)15-8-6-10-3-1-2-4-14(10)18-15/h1-9H,17H2. The molecular weight excluding hydrogens is 227 g/mol. The predicted octanol–water partition coefficient (Wildman–Crippen LogP) is 3.62. The largest absolute Gasteiger partial charge is 0.396 e. The smallest absolute Gasteiger partial charge is 0.146 e. The van der Waals surface area contributed by atoms with Crippen LogP contribution >= 0.6 is 0 Å². The van der Waals surface area contributed by atoms with Crippen molar-refractivity contribution in [3.05, 3.63) is 60.4 Å². The number of halogens is 1. The molecule has 0 aliphatic rings. The van der Waals surface area contributed by atoms with Crippen LogP contribution in [0.15, 0.2) is 54.6 Å². The number of nitrogens with two attached hydrogens (primary N) is 1. The third kappa shape index (κ3) is 1.80. The van der Waals surface area contributed by atoms with E-state index in [1.165, 1.54) is 6.07 Å². The van der Waals surface area contributed by atoms with Crippen LogP contribution in [0, 0.1) is 5.82 Å². The first kappa shape index (κ1) is 10.7. The number of benzene rings is 2. The topological polar surface area (TPSA) is 38.9 Å². The normalized spacial score (nSPS) is 10.7. The molecule has 3 rings (SSSR count). The molecule has 0 aliphatic carbocycles. The summed E-state index contributed by atoms with van der Waals surface area (Å²) < 4.78 is 13.4. The van der Waals surface area contributed by atoms with Crippen LogP contribution in [0.3, 0.4) is 0 Å². The Morgan fingerprint density at radius 3 is 2.61 bits per heavy atom. The van der Waals surface area contributed by atoms with E-state index in [1.54, 1.807) is 12.1 Å². The van der Waals surface area contributed by atoms with Crippen molar-refractivity contribution >= 4 is 16.6 Å². The van der Waals surface area contributed by atoms with E-state index in [9.17, 15) is 4.39 Å². The summed E-state index contributed by atoms with van der Waals surface area (Å²) in [5.41, 5.74) is 7.98. The van der Waals surface area contributed by atoms with Crippen molar-refractivity contribution in [1.82, 2.24) is 4.98 Å². The van der Waals surface area contributed by atoms with Gasteiger partial charge in [0, 0.05) is 10.9 Å². The summed E-state index contributed by atoms with van der Waals surface area (Å²) in [4.78, 5) is 4.51. The fourth-order valence-electron chi connectivity index (χ4n) is 1.91. The van der Waals surface area contributed by atoms with Gasteiger partial charge in [0.2, 0.25) is 0 Å². The number of pyridine rings is 1. The predicted molar refractivity (Wildman–Crippen MR) is 71.5 cm³/mol. The van der Waals surface area contributed by atoms with E-state index in [2.05, 4.69) is 4.98 Å². The van der Waals surface area contributed by atoms with Gasteiger partial charge in [0.15, 0.2) is 0 Å². The van der Waals surface area contributed by atoms with Gasteiger partial charge in [-0.05, 0) is 24.3 Å². The summed E-state index contributed by atoms with van der Waals surface area (Å²) in [6.07, 6.45) is 0. The number of hydrogen-bond donors (Lipinski definition) is 1. The molecule has 0 amide bonds. The highest BCUT2D eigenvalue weighted by Crippen LogP contribution is 2.23. The van der Waals surface area contributed by atoms with Gasteiger partial charge in [-0.1, -0.05) is 30.3 Å². The Labute approximate surface area is 104 Å². The molecule has 0 spiro atoms. The Balaban J connectivity index is 2.16. The summed E-state index contributed by atoms with van der Waals surface area (Å²) in [7, 11) is 0. The van der Waals surface area contributed by atoms with Crippen LogP contribution < -0.4 is 5.73 Å². The SMILES string of the molecule is Nc1ccc(-c2ccc3ccccc3n2)cc1F. The zero-order valence-electron chi connectivity index (χ0n) is 9.60. The highest BCUT2D eigenvalue weighted by atomic mass is 19.1. The van der Waals surface area contributed by atoms with E-state index in [-0.39, 0.29) is 5.69 Å². The minimum atomic E-state index is -0.414. The first-order chi connectivity index (χ1) is 8.74. The quantitative estimate of drug-likeness (QED) is 0.657. The van der Waals surface area contributed by atoms with Gasteiger partial charge in [-0.25, -0.2) is 9.37 Å². The second kappa shape index (κ2) is 4.11. The van der Waals surface area contributed by atoms with Crippen LogP contribution in [0.4, 0.5) is 10.1 Å². The highest BCUT2D eigenvalue weighted by Gasteiger charge is 2.04. The van der Waals surface area contributed by atoms with Crippen LogP contribution in [0.25, 0.3) is 22.2 Å². The van der Waals surface area contributed by atoms with Crippen LogP contribution in [-0.2, 0) is 0 Å². The highest BCUT2D eigenvalue weighted by molar-refractivity contribution is 5.81. The molecule has 0 fully saturated rings. The molecule has 2 aromatic carbocycles. The molecule has 1 aromatic heterocycles. The van der Waals surface area contributed by atoms with Gasteiger partial charge in [0.05, 0.1) is 16.9 Å². The Hall–Kier alpha value is -2.42. The van der Waals surface area contributed by atoms with E-state index in [4.69, 9.17) is 5.73 Å². The number of hydrogen-bond acceptors (Lipinski definition) is 2. The van der Waals surface area contributed by atoms with E-state index in [1.807, 2.05) is 36.4 Å². The minimum Gasteiger partial charge on any atom is -0.396 e. The van der Waals surface area contributed by atoms with Crippen LogP contribution in [-0.4, -0.2) is 4.98 Å². The summed E-state index contributed by atoms with van der Waals surface area (Å²) >= 11 is 0. The molecule has 3 aromatic rings. The molecule has 2 N–H and O–H groups in total. The maximum absolute atomic E-state index is 13.4. The van der Waals surface area contributed by atoms with Gasteiger partial charge in [0.1, 0.15) is 5.82 Å². The molecular formula is C15H11FN2. The van der Waals surface area contributed by atoms with Crippen LogP contribution in [0.1, 0.15) is 0 Å². The van der Waals surface area contributed by atoms with Gasteiger partial charge >= 0.3 is 0 Å². The van der Waals surface area contributed by atoms with E-state index >= 15 is 0 Å². The first-order valence-electron chi connectivity index (χ1n) is 5.65. The van der Waals surface area contributed by atoms with Gasteiger partial charge in [-0.2, -0.15) is 0 Å². The number of rotatable bonds is 1. The first-order valence-corrected chi connectivity index (χ1v) is 5.65. The molecule has 0 aliphatic heterocycles. The Morgan fingerprint density at radius 1 is 0.944 bits per heavy atom. The fourth-order valence-corrected chi connectivity index (χ4v) is 1.91. The lowest BCUT2D eigenvalue weighted by molar-refractivity contribution is 0.633. The van der Waals surface area contributed by atoms with Crippen molar-refractivity contribution in [2.24, 2.45) is 0 Å². The fraction of sp³-hybridized carbons (Fsp3) is 0. The van der Waals surface area contributed by atoms with E-state index in [0.29, 0.717) is 0 Å². The zero-order chi connectivity index (χ0) is 12.5. The molecule has 2 nitrogen and oxygen atoms in total. The lowest BCUT2D eigenvalue weighted by Crippen LogP contribution is -1.91.